The third kappa shape index (κ3) is 2.12. The molecule has 5 rings (SSSR count). The molecule has 0 amide bonds. The first-order chi connectivity index (χ1) is 12.2. The fourth-order valence-electron chi connectivity index (χ4n) is 4.15. The lowest BCUT2D eigenvalue weighted by Crippen LogP contribution is -2.36. The number of hydrogen-bond donors (Lipinski definition) is 0. The molecule has 1 nitrogen and oxygen atoms in total. The molecule has 1 aliphatic rings. The summed E-state index contributed by atoms with van der Waals surface area (Å²) in [7, 11) is 2.20. The van der Waals surface area contributed by atoms with Crippen molar-refractivity contribution in [2.45, 2.75) is 13.3 Å². The average molecular weight is 322 g/mol. The van der Waals surface area contributed by atoms with E-state index in [-0.39, 0.29) is 0 Å². The summed E-state index contributed by atoms with van der Waals surface area (Å²) in [6.07, 6.45) is 1.01. The molecule has 1 aliphatic carbocycles. The van der Waals surface area contributed by atoms with E-state index in [1.165, 1.54) is 50.0 Å². The SMILES string of the molecule is Cc1ccccc1-c1ccc2c([n+]1C)Cc1cc3ccccc3cc1-2. The van der Waals surface area contributed by atoms with E-state index in [9.17, 15) is 0 Å². The summed E-state index contributed by atoms with van der Waals surface area (Å²) in [5.74, 6) is 0. The van der Waals surface area contributed by atoms with Crippen LogP contribution in [0.25, 0.3) is 33.2 Å². The van der Waals surface area contributed by atoms with E-state index < -0.39 is 0 Å². The van der Waals surface area contributed by atoms with Gasteiger partial charge in [0.25, 0.3) is 0 Å². The molecule has 120 valence electrons. The van der Waals surface area contributed by atoms with E-state index in [0.29, 0.717) is 0 Å². The molecule has 1 heterocycles. The van der Waals surface area contributed by atoms with E-state index in [1.54, 1.807) is 0 Å². The summed E-state index contributed by atoms with van der Waals surface area (Å²) in [6.45, 7) is 2.18. The van der Waals surface area contributed by atoms with Gasteiger partial charge in [0.15, 0.2) is 5.69 Å². The molecule has 0 saturated carbocycles. The fraction of sp³-hybridized carbons (Fsp3) is 0.125. The van der Waals surface area contributed by atoms with Crippen LogP contribution >= 0.6 is 0 Å². The van der Waals surface area contributed by atoms with Crippen LogP contribution in [0.15, 0.2) is 72.8 Å². The van der Waals surface area contributed by atoms with Crippen LogP contribution in [0.1, 0.15) is 16.8 Å². The van der Waals surface area contributed by atoms with Crippen LogP contribution in [0.5, 0.6) is 0 Å². The minimum Gasteiger partial charge on any atom is -0.197 e. The van der Waals surface area contributed by atoms with E-state index in [2.05, 4.69) is 91.3 Å². The van der Waals surface area contributed by atoms with Crippen molar-refractivity contribution >= 4 is 10.8 Å². The summed E-state index contributed by atoms with van der Waals surface area (Å²) in [6, 6.07) is 26.6. The number of benzene rings is 3. The minimum absolute atomic E-state index is 1.01. The van der Waals surface area contributed by atoms with E-state index in [0.717, 1.165) is 6.42 Å². The number of pyridine rings is 1. The van der Waals surface area contributed by atoms with Gasteiger partial charge in [-0.3, -0.25) is 0 Å². The second-order valence-corrected chi connectivity index (χ2v) is 6.99. The van der Waals surface area contributed by atoms with Crippen LogP contribution in [0, 0.1) is 6.92 Å². The zero-order valence-corrected chi connectivity index (χ0v) is 14.6. The quantitative estimate of drug-likeness (QED) is 0.373. The van der Waals surface area contributed by atoms with Gasteiger partial charge in [-0.25, -0.2) is 0 Å². The maximum Gasteiger partial charge on any atom is 0.212 e. The van der Waals surface area contributed by atoms with Gasteiger partial charge < -0.3 is 0 Å². The Kier molecular flexibility index (Phi) is 3.05. The average Bonchev–Trinajstić information content (AvgIpc) is 2.99. The molecule has 0 fully saturated rings. The first-order valence-electron chi connectivity index (χ1n) is 8.82. The fourth-order valence-corrected chi connectivity index (χ4v) is 4.15. The van der Waals surface area contributed by atoms with Crippen molar-refractivity contribution in [2.75, 3.05) is 0 Å². The summed E-state index contributed by atoms with van der Waals surface area (Å²) in [4.78, 5) is 0. The van der Waals surface area contributed by atoms with Gasteiger partial charge in [-0.15, -0.1) is 0 Å². The van der Waals surface area contributed by atoms with Crippen LogP contribution in [-0.4, -0.2) is 0 Å². The van der Waals surface area contributed by atoms with Crippen LogP contribution in [0.2, 0.25) is 0 Å². The molecule has 0 radical (unpaired) electrons. The van der Waals surface area contributed by atoms with E-state index in [4.69, 9.17) is 0 Å². The zero-order valence-electron chi connectivity index (χ0n) is 14.6. The number of aromatic nitrogens is 1. The van der Waals surface area contributed by atoms with Gasteiger partial charge in [0.1, 0.15) is 7.05 Å². The van der Waals surface area contributed by atoms with Crippen molar-refractivity contribution < 1.29 is 4.57 Å². The summed E-state index contributed by atoms with van der Waals surface area (Å²) in [5.41, 5.74) is 9.53. The molecule has 1 aromatic heterocycles. The normalized spacial score (nSPS) is 12.2. The third-order valence-electron chi connectivity index (χ3n) is 5.53. The van der Waals surface area contributed by atoms with Crippen molar-refractivity contribution in [3.05, 3.63) is 89.6 Å². The summed E-state index contributed by atoms with van der Waals surface area (Å²) >= 11 is 0. The summed E-state index contributed by atoms with van der Waals surface area (Å²) in [5, 5.41) is 2.65. The lowest BCUT2D eigenvalue weighted by Gasteiger charge is -2.07. The Hall–Kier alpha value is -2.93. The van der Waals surface area contributed by atoms with Gasteiger partial charge >= 0.3 is 0 Å². The van der Waals surface area contributed by atoms with E-state index >= 15 is 0 Å². The van der Waals surface area contributed by atoms with Crippen molar-refractivity contribution in [1.29, 1.82) is 0 Å². The first kappa shape index (κ1) is 14.4. The smallest absolute Gasteiger partial charge is 0.197 e. The molecule has 3 aromatic carbocycles. The molecule has 0 atom stereocenters. The Labute approximate surface area is 148 Å². The van der Waals surface area contributed by atoms with Crippen molar-refractivity contribution in [3.8, 4) is 22.4 Å². The van der Waals surface area contributed by atoms with Crippen LogP contribution < -0.4 is 4.57 Å². The van der Waals surface area contributed by atoms with Crippen LogP contribution in [0.3, 0.4) is 0 Å². The van der Waals surface area contributed by atoms with Gasteiger partial charge in [0.05, 0.1) is 6.42 Å². The molecule has 0 spiro atoms. The largest absolute Gasteiger partial charge is 0.212 e. The van der Waals surface area contributed by atoms with Gasteiger partial charge in [-0.2, -0.15) is 4.57 Å². The molecule has 4 aromatic rings. The molecule has 0 N–H and O–H groups in total. The number of fused-ring (bicyclic) bond motifs is 4. The second kappa shape index (κ2) is 5.29. The Morgan fingerprint density at radius 1 is 0.720 bits per heavy atom. The maximum absolute atomic E-state index is 2.38. The van der Waals surface area contributed by atoms with E-state index in [1.807, 2.05) is 0 Å². The molecule has 0 unspecified atom stereocenters. The first-order valence-corrected chi connectivity index (χ1v) is 8.82. The predicted octanol–water partition coefficient (Wildman–Crippen LogP) is 5.21. The highest BCUT2D eigenvalue weighted by atomic mass is 15.0. The predicted molar refractivity (Wildman–Crippen MR) is 104 cm³/mol. The van der Waals surface area contributed by atoms with Gasteiger partial charge in [0.2, 0.25) is 5.69 Å². The number of hydrogen-bond acceptors (Lipinski definition) is 0. The second-order valence-electron chi connectivity index (χ2n) is 6.99. The highest BCUT2D eigenvalue weighted by Gasteiger charge is 2.28. The monoisotopic (exact) mass is 322 g/mol. The highest BCUT2D eigenvalue weighted by molar-refractivity contribution is 5.91. The van der Waals surface area contributed by atoms with Crippen molar-refractivity contribution in [3.63, 3.8) is 0 Å². The Bertz CT molecular complexity index is 1140. The summed E-state index contributed by atoms with van der Waals surface area (Å²) < 4.78 is 2.38. The Balaban J connectivity index is 1.72. The van der Waals surface area contributed by atoms with Crippen LogP contribution in [-0.2, 0) is 13.5 Å². The maximum atomic E-state index is 2.38. The minimum atomic E-state index is 1.01. The number of aryl methyl sites for hydroxylation is 1. The van der Waals surface area contributed by atoms with Crippen molar-refractivity contribution in [2.24, 2.45) is 7.05 Å². The zero-order chi connectivity index (χ0) is 17.0. The van der Waals surface area contributed by atoms with Crippen molar-refractivity contribution in [1.82, 2.24) is 0 Å². The molecule has 0 bridgehead atoms. The molecule has 0 saturated heterocycles. The highest BCUT2D eigenvalue weighted by Crippen LogP contribution is 2.38. The van der Waals surface area contributed by atoms with Crippen LogP contribution in [0.4, 0.5) is 0 Å². The molecular weight excluding hydrogens is 302 g/mol. The van der Waals surface area contributed by atoms with Gasteiger partial charge in [0, 0.05) is 17.2 Å². The lowest BCUT2D eigenvalue weighted by molar-refractivity contribution is -0.666. The Morgan fingerprint density at radius 3 is 2.24 bits per heavy atom. The standard InChI is InChI=1S/C24H20N/c1-16-7-3-6-10-20(16)23-12-11-21-22-14-18-9-5-4-8-17(18)13-19(22)15-24(21)25(23)2/h3-14H,15H2,1-2H3/q+1. The number of rotatable bonds is 1. The third-order valence-corrected chi connectivity index (χ3v) is 5.53. The number of nitrogens with zero attached hydrogens (tertiary/aromatic N) is 1. The molecular formula is C24H20N+. The molecule has 1 heteroatoms. The Morgan fingerprint density at radius 2 is 1.44 bits per heavy atom. The topological polar surface area (TPSA) is 3.88 Å². The molecule has 0 aliphatic heterocycles. The van der Waals surface area contributed by atoms with Gasteiger partial charge in [-0.1, -0.05) is 42.5 Å². The van der Waals surface area contributed by atoms with Gasteiger partial charge in [-0.05, 0) is 58.7 Å². The lowest BCUT2D eigenvalue weighted by atomic mass is 10.00. The molecule has 25 heavy (non-hydrogen) atoms.